The van der Waals surface area contributed by atoms with Crippen molar-refractivity contribution in [2.45, 2.75) is 32.4 Å². The SMILES string of the molecule is CC[C@@H](NC(=O)c1cn(CCOC)cc(C(=O)NCCc2ccccc2OC)c1=O)c1cccs1. The van der Waals surface area contributed by atoms with Crippen LogP contribution < -0.4 is 20.8 Å². The van der Waals surface area contributed by atoms with Gasteiger partial charge in [0.05, 0.1) is 19.8 Å². The van der Waals surface area contributed by atoms with Crippen molar-refractivity contribution >= 4 is 23.2 Å². The van der Waals surface area contributed by atoms with Crippen LogP contribution in [-0.4, -0.2) is 43.8 Å². The third kappa shape index (κ3) is 6.80. The molecule has 2 N–H and O–H groups in total. The number of aromatic nitrogens is 1. The summed E-state index contributed by atoms with van der Waals surface area (Å²) in [5.41, 5.74) is 0.179. The molecular formula is C26H31N3O5S. The van der Waals surface area contributed by atoms with E-state index in [-0.39, 0.29) is 17.2 Å². The molecule has 0 radical (unpaired) electrons. The van der Waals surface area contributed by atoms with E-state index in [0.29, 0.717) is 32.5 Å². The van der Waals surface area contributed by atoms with Crippen molar-refractivity contribution in [3.05, 3.63) is 86.0 Å². The number of thiophene rings is 1. The topological polar surface area (TPSA) is 98.7 Å². The molecule has 186 valence electrons. The number of ether oxygens (including phenoxy) is 2. The first-order valence-corrected chi connectivity index (χ1v) is 12.3. The number of nitrogens with zero attached hydrogens (tertiary/aromatic N) is 1. The summed E-state index contributed by atoms with van der Waals surface area (Å²) in [6.07, 6.45) is 4.15. The summed E-state index contributed by atoms with van der Waals surface area (Å²) in [7, 11) is 3.16. The first kappa shape index (κ1) is 26.2. The summed E-state index contributed by atoms with van der Waals surface area (Å²) >= 11 is 1.54. The van der Waals surface area contributed by atoms with Crippen LogP contribution in [-0.2, 0) is 17.7 Å². The van der Waals surface area contributed by atoms with Gasteiger partial charge in [0.15, 0.2) is 0 Å². The van der Waals surface area contributed by atoms with E-state index in [2.05, 4.69) is 10.6 Å². The third-order valence-corrected chi connectivity index (χ3v) is 6.58. The van der Waals surface area contributed by atoms with Crippen LogP contribution >= 0.6 is 11.3 Å². The molecule has 1 aromatic carbocycles. The van der Waals surface area contributed by atoms with Crippen LogP contribution in [0.4, 0.5) is 0 Å². The van der Waals surface area contributed by atoms with E-state index in [1.807, 2.05) is 48.7 Å². The van der Waals surface area contributed by atoms with Gasteiger partial charge < -0.3 is 24.7 Å². The van der Waals surface area contributed by atoms with Gasteiger partial charge in [-0.25, -0.2) is 0 Å². The van der Waals surface area contributed by atoms with Crippen molar-refractivity contribution in [1.82, 2.24) is 15.2 Å². The van der Waals surface area contributed by atoms with Crippen LogP contribution in [0.3, 0.4) is 0 Å². The van der Waals surface area contributed by atoms with Crippen LogP contribution in [0.15, 0.2) is 59.0 Å². The smallest absolute Gasteiger partial charge is 0.257 e. The van der Waals surface area contributed by atoms with E-state index in [4.69, 9.17) is 9.47 Å². The number of pyridine rings is 1. The molecule has 0 aliphatic heterocycles. The summed E-state index contributed by atoms with van der Waals surface area (Å²) in [6.45, 7) is 3.03. The van der Waals surface area contributed by atoms with Gasteiger partial charge in [-0.2, -0.15) is 0 Å². The standard InChI is InChI=1S/C26H31N3O5S/c1-4-21(23-10-7-15-35-23)28-26(32)20-17-29(13-14-33-2)16-19(24(20)30)25(31)27-12-11-18-8-5-6-9-22(18)34-3/h5-10,15-17,21H,4,11-14H2,1-3H3,(H,27,31)(H,28,32)/t21-/m1/s1. The molecule has 0 fully saturated rings. The van der Waals surface area contributed by atoms with E-state index >= 15 is 0 Å². The Morgan fingerprint density at radius 1 is 1.06 bits per heavy atom. The normalized spacial score (nSPS) is 11.6. The van der Waals surface area contributed by atoms with Crippen LogP contribution in [0.5, 0.6) is 5.75 Å². The second-order valence-electron chi connectivity index (χ2n) is 7.91. The van der Waals surface area contributed by atoms with Crippen LogP contribution in [0, 0.1) is 0 Å². The van der Waals surface area contributed by atoms with Crippen LogP contribution in [0.1, 0.15) is 50.5 Å². The fourth-order valence-electron chi connectivity index (χ4n) is 3.70. The molecule has 35 heavy (non-hydrogen) atoms. The lowest BCUT2D eigenvalue weighted by atomic mass is 10.1. The van der Waals surface area contributed by atoms with Crippen molar-refractivity contribution in [3.8, 4) is 5.75 Å². The number of para-hydroxylation sites is 1. The highest BCUT2D eigenvalue weighted by molar-refractivity contribution is 7.10. The largest absolute Gasteiger partial charge is 0.496 e. The summed E-state index contributed by atoms with van der Waals surface area (Å²) in [6, 6.07) is 11.2. The summed E-state index contributed by atoms with van der Waals surface area (Å²) < 4.78 is 12.1. The van der Waals surface area contributed by atoms with E-state index in [1.165, 1.54) is 12.4 Å². The van der Waals surface area contributed by atoms with Gasteiger partial charge in [0.25, 0.3) is 11.8 Å². The predicted octanol–water partition coefficient (Wildman–Crippen LogP) is 3.42. The lowest BCUT2D eigenvalue weighted by molar-refractivity contribution is 0.0934. The predicted molar refractivity (Wildman–Crippen MR) is 136 cm³/mol. The number of rotatable bonds is 12. The van der Waals surface area contributed by atoms with Crippen molar-refractivity contribution in [2.24, 2.45) is 0 Å². The van der Waals surface area contributed by atoms with Crippen molar-refractivity contribution in [3.63, 3.8) is 0 Å². The van der Waals surface area contributed by atoms with Gasteiger partial charge in [0, 0.05) is 37.5 Å². The molecular weight excluding hydrogens is 466 g/mol. The fourth-order valence-corrected chi connectivity index (χ4v) is 4.56. The maximum absolute atomic E-state index is 13.2. The Labute approximate surface area is 208 Å². The van der Waals surface area contributed by atoms with Gasteiger partial charge in [0.2, 0.25) is 5.43 Å². The van der Waals surface area contributed by atoms with Gasteiger partial charge >= 0.3 is 0 Å². The van der Waals surface area contributed by atoms with Gasteiger partial charge in [-0.05, 0) is 35.9 Å². The summed E-state index contributed by atoms with van der Waals surface area (Å²) in [5, 5.41) is 7.67. The molecule has 8 nitrogen and oxygen atoms in total. The molecule has 0 unspecified atom stereocenters. The highest BCUT2D eigenvalue weighted by atomic mass is 32.1. The zero-order valence-electron chi connectivity index (χ0n) is 20.2. The molecule has 0 saturated heterocycles. The quantitative estimate of drug-likeness (QED) is 0.400. The number of methoxy groups -OCH3 is 2. The van der Waals surface area contributed by atoms with E-state index in [9.17, 15) is 14.4 Å². The maximum atomic E-state index is 13.2. The van der Waals surface area contributed by atoms with Crippen LogP contribution in [0.2, 0.25) is 0 Å². The summed E-state index contributed by atoms with van der Waals surface area (Å²) in [5.74, 6) is -0.306. The number of hydrogen-bond acceptors (Lipinski definition) is 6. The van der Waals surface area contributed by atoms with Crippen LogP contribution in [0.25, 0.3) is 0 Å². The summed E-state index contributed by atoms with van der Waals surface area (Å²) in [4.78, 5) is 40.3. The van der Waals surface area contributed by atoms with Gasteiger partial charge in [-0.3, -0.25) is 14.4 Å². The third-order valence-electron chi connectivity index (χ3n) is 5.59. The molecule has 0 saturated carbocycles. The van der Waals surface area contributed by atoms with Crippen molar-refractivity contribution in [2.75, 3.05) is 27.4 Å². The number of benzene rings is 1. The van der Waals surface area contributed by atoms with Gasteiger partial charge in [-0.15, -0.1) is 11.3 Å². The molecule has 1 atom stereocenters. The molecule has 9 heteroatoms. The van der Waals surface area contributed by atoms with Crippen molar-refractivity contribution in [1.29, 1.82) is 0 Å². The molecule has 0 aliphatic carbocycles. The average molecular weight is 498 g/mol. The molecule has 2 amide bonds. The Morgan fingerprint density at radius 2 is 1.80 bits per heavy atom. The molecule has 2 aromatic heterocycles. The van der Waals surface area contributed by atoms with Crippen molar-refractivity contribution < 1.29 is 19.1 Å². The lowest BCUT2D eigenvalue weighted by Gasteiger charge is -2.17. The minimum Gasteiger partial charge on any atom is -0.496 e. The first-order chi connectivity index (χ1) is 17.0. The molecule has 3 aromatic rings. The first-order valence-electron chi connectivity index (χ1n) is 11.5. The monoisotopic (exact) mass is 497 g/mol. The Hall–Kier alpha value is -3.43. The minimum atomic E-state index is -0.605. The molecule has 3 rings (SSSR count). The molecule has 0 spiro atoms. The number of amides is 2. The van der Waals surface area contributed by atoms with E-state index in [0.717, 1.165) is 16.2 Å². The Balaban J connectivity index is 1.80. The number of nitrogens with one attached hydrogen (secondary N) is 2. The Morgan fingerprint density at radius 3 is 2.46 bits per heavy atom. The molecule has 0 aliphatic rings. The molecule has 2 heterocycles. The highest BCUT2D eigenvalue weighted by Gasteiger charge is 2.22. The highest BCUT2D eigenvalue weighted by Crippen LogP contribution is 2.22. The van der Waals surface area contributed by atoms with E-state index < -0.39 is 17.2 Å². The number of carbonyl (C=O) groups excluding carboxylic acids is 2. The lowest BCUT2D eigenvalue weighted by Crippen LogP contribution is -2.37. The fraction of sp³-hybridized carbons (Fsp3) is 0.346. The van der Waals surface area contributed by atoms with E-state index in [1.54, 1.807) is 30.1 Å². The molecule has 0 bridgehead atoms. The second-order valence-corrected chi connectivity index (χ2v) is 8.89. The van der Waals surface area contributed by atoms with Gasteiger partial charge in [0.1, 0.15) is 16.9 Å². The second kappa shape index (κ2) is 12.9. The number of carbonyl (C=O) groups is 2. The average Bonchev–Trinajstić information content (AvgIpc) is 3.41. The minimum absolute atomic E-state index is 0.0755. The Kier molecular flexibility index (Phi) is 9.63. The van der Waals surface area contributed by atoms with Gasteiger partial charge in [-0.1, -0.05) is 31.2 Å². The zero-order chi connectivity index (χ0) is 25.2. The number of hydrogen-bond donors (Lipinski definition) is 2. The zero-order valence-corrected chi connectivity index (χ0v) is 21.0. The Bertz CT molecular complexity index is 1190. The maximum Gasteiger partial charge on any atom is 0.257 e.